The van der Waals surface area contributed by atoms with Gasteiger partial charge in [0.25, 0.3) is 0 Å². The van der Waals surface area contributed by atoms with E-state index in [0.717, 1.165) is 10.1 Å². The summed E-state index contributed by atoms with van der Waals surface area (Å²) in [6.07, 6.45) is 0. The molecule has 52 valence electrons. The van der Waals surface area contributed by atoms with Crippen molar-refractivity contribution >= 4 is 16.8 Å². The SMILES string of the molecule is C=C(NC)SC(C)=NC. The van der Waals surface area contributed by atoms with Gasteiger partial charge in [0.15, 0.2) is 0 Å². The Labute approximate surface area is 60.4 Å². The molecule has 0 radical (unpaired) electrons. The summed E-state index contributed by atoms with van der Waals surface area (Å²) < 4.78 is 0. The zero-order chi connectivity index (χ0) is 7.28. The van der Waals surface area contributed by atoms with Gasteiger partial charge < -0.3 is 5.32 Å². The third-order valence-corrected chi connectivity index (χ3v) is 1.79. The molecule has 0 aliphatic rings. The Morgan fingerprint density at radius 1 is 1.67 bits per heavy atom. The van der Waals surface area contributed by atoms with Crippen molar-refractivity contribution in [2.45, 2.75) is 6.92 Å². The van der Waals surface area contributed by atoms with Crippen molar-refractivity contribution in [2.75, 3.05) is 14.1 Å². The van der Waals surface area contributed by atoms with Crippen molar-refractivity contribution in [3.63, 3.8) is 0 Å². The fraction of sp³-hybridized carbons (Fsp3) is 0.500. The molecular weight excluding hydrogens is 132 g/mol. The maximum atomic E-state index is 3.96. The quantitative estimate of drug-likeness (QED) is 0.468. The average molecular weight is 144 g/mol. The summed E-state index contributed by atoms with van der Waals surface area (Å²) in [5, 5.41) is 4.87. The van der Waals surface area contributed by atoms with Gasteiger partial charge in [0.05, 0.1) is 10.1 Å². The highest BCUT2D eigenvalue weighted by Crippen LogP contribution is 2.10. The molecule has 1 N–H and O–H groups in total. The largest absolute Gasteiger partial charge is 0.383 e. The van der Waals surface area contributed by atoms with Gasteiger partial charge in [-0.05, 0) is 6.92 Å². The molecule has 0 saturated carbocycles. The molecule has 3 heteroatoms. The van der Waals surface area contributed by atoms with Crippen molar-refractivity contribution in [3.8, 4) is 0 Å². The van der Waals surface area contributed by atoms with Crippen molar-refractivity contribution in [2.24, 2.45) is 4.99 Å². The fourth-order valence-electron chi connectivity index (χ4n) is 0.275. The Bertz CT molecular complexity index is 129. The van der Waals surface area contributed by atoms with Gasteiger partial charge in [-0.25, -0.2) is 0 Å². The number of nitrogens with one attached hydrogen (secondary N) is 1. The van der Waals surface area contributed by atoms with E-state index in [2.05, 4.69) is 16.9 Å². The smallest absolute Gasteiger partial charge is 0.0703 e. The Kier molecular flexibility index (Phi) is 4.22. The summed E-state index contributed by atoms with van der Waals surface area (Å²) in [4.78, 5) is 3.96. The first-order valence-electron chi connectivity index (χ1n) is 2.68. The maximum absolute atomic E-state index is 3.96. The number of rotatable bonds is 2. The fourth-order valence-corrected chi connectivity index (χ4v) is 0.825. The number of nitrogens with zero attached hydrogens (tertiary/aromatic N) is 1. The molecule has 0 heterocycles. The molecule has 0 fully saturated rings. The van der Waals surface area contributed by atoms with Crippen LogP contribution >= 0.6 is 11.8 Å². The van der Waals surface area contributed by atoms with Crippen LogP contribution in [0.25, 0.3) is 0 Å². The lowest BCUT2D eigenvalue weighted by molar-refractivity contribution is 1.09. The lowest BCUT2D eigenvalue weighted by Gasteiger charge is -2.00. The lowest BCUT2D eigenvalue weighted by atomic mass is 10.9. The minimum absolute atomic E-state index is 0.929. The van der Waals surface area contributed by atoms with Gasteiger partial charge in [-0.2, -0.15) is 0 Å². The molecule has 0 aliphatic heterocycles. The van der Waals surface area contributed by atoms with Crippen LogP contribution in [0.15, 0.2) is 16.6 Å². The molecule has 0 aromatic heterocycles. The second-order valence-corrected chi connectivity index (χ2v) is 2.81. The zero-order valence-corrected chi connectivity index (χ0v) is 6.88. The van der Waals surface area contributed by atoms with Crippen LogP contribution in [0, 0.1) is 0 Å². The number of hydrogen-bond acceptors (Lipinski definition) is 3. The van der Waals surface area contributed by atoms with Gasteiger partial charge in [-0.1, -0.05) is 18.3 Å². The highest BCUT2D eigenvalue weighted by Gasteiger charge is 1.91. The van der Waals surface area contributed by atoms with Crippen LogP contribution in [0.5, 0.6) is 0 Å². The molecule has 0 amide bonds. The normalized spacial score (nSPS) is 11.2. The minimum Gasteiger partial charge on any atom is -0.383 e. The monoisotopic (exact) mass is 144 g/mol. The van der Waals surface area contributed by atoms with Crippen LogP contribution < -0.4 is 5.32 Å². The third kappa shape index (κ3) is 4.09. The molecule has 9 heavy (non-hydrogen) atoms. The molecule has 0 rings (SSSR count). The predicted octanol–water partition coefficient (Wildman–Crippen LogP) is 1.46. The van der Waals surface area contributed by atoms with Crippen molar-refractivity contribution in [1.82, 2.24) is 5.32 Å². The highest BCUT2D eigenvalue weighted by atomic mass is 32.2. The molecule has 2 nitrogen and oxygen atoms in total. The molecule has 0 aliphatic carbocycles. The van der Waals surface area contributed by atoms with E-state index in [1.165, 1.54) is 0 Å². The molecule has 0 bridgehead atoms. The van der Waals surface area contributed by atoms with Gasteiger partial charge in [0.2, 0.25) is 0 Å². The maximum Gasteiger partial charge on any atom is 0.0703 e. The van der Waals surface area contributed by atoms with Crippen LogP contribution in [-0.2, 0) is 0 Å². The van der Waals surface area contributed by atoms with E-state index in [4.69, 9.17) is 0 Å². The van der Waals surface area contributed by atoms with Gasteiger partial charge in [0, 0.05) is 14.1 Å². The second kappa shape index (κ2) is 4.44. The van der Waals surface area contributed by atoms with Crippen LogP contribution in [0.3, 0.4) is 0 Å². The van der Waals surface area contributed by atoms with Gasteiger partial charge >= 0.3 is 0 Å². The Hall–Kier alpha value is -0.440. The summed E-state index contributed by atoms with van der Waals surface area (Å²) in [6, 6.07) is 0. The molecule has 0 aromatic rings. The predicted molar refractivity (Wildman–Crippen MR) is 44.8 cm³/mol. The first kappa shape index (κ1) is 8.56. The standard InChI is InChI=1S/C6H12N2S/c1-5(7-3)9-6(2)8-4/h7H,1H2,2-4H3. The highest BCUT2D eigenvalue weighted by molar-refractivity contribution is 8.17. The van der Waals surface area contributed by atoms with Crippen LogP contribution in [0.2, 0.25) is 0 Å². The second-order valence-electron chi connectivity index (χ2n) is 1.52. The Balaban J connectivity index is 3.60. The number of hydrogen-bond donors (Lipinski definition) is 1. The van der Waals surface area contributed by atoms with E-state index in [1.807, 2.05) is 14.0 Å². The molecule has 0 aromatic carbocycles. The van der Waals surface area contributed by atoms with E-state index < -0.39 is 0 Å². The van der Waals surface area contributed by atoms with E-state index in [1.54, 1.807) is 18.8 Å². The third-order valence-electron chi connectivity index (χ3n) is 0.865. The summed E-state index contributed by atoms with van der Waals surface area (Å²) in [5.74, 6) is 0. The molecule has 0 saturated heterocycles. The first-order valence-corrected chi connectivity index (χ1v) is 3.50. The summed E-state index contributed by atoms with van der Waals surface area (Å²) in [6.45, 7) is 5.68. The average Bonchev–Trinajstić information content (AvgIpc) is 1.87. The first-order chi connectivity index (χ1) is 4.20. The van der Waals surface area contributed by atoms with E-state index in [0.29, 0.717) is 0 Å². The summed E-state index contributed by atoms with van der Waals surface area (Å²) in [7, 11) is 3.61. The van der Waals surface area contributed by atoms with Crippen molar-refractivity contribution in [1.29, 1.82) is 0 Å². The molecular formula is C6H12N2S. The molecule has 0 atom stereocenters. The number of aliphatic imine (C=N–C) groups is 1. The summed E-state index contributed by atoms with van der Waals surface area (Å²) >= 11 is 1.54. The van der Waals surface area contributed by atoms with E-state index >= 15 is 0 Å². The zero-order valence-electron chi connectivity index (χ0n) is 6.06. The van der Waals surface area contributed by atoms with Crippen molar-refractivity contribution < 1.29 is 0 Å². The van der Waals surface area contributed by atoms with Crippen LogP contribution in [0.1, 0.15) is 6.92 Å². The Morgan fingerprint density at radius 2 is 2.22 bits per heavy atom. The van der Waals surface area contributed by atoms with Gasteiger partial charge in [0.1, 0.15) is 0 Å². The van der Waals surface area contributed by atoms with Crippen molar-refractivity contribution in [3.05, 3.63) is 11.6 Å². The summed E-state index contributed by atoms with van der Waals surface area (Å²) in [5.41, 5.74) is 0. The van der Waals surface area contributed by atoms with Crippen LogP contribution in [-0.4, -0.2) is 19.1 Å². The Morgan fingerprint density at radius 3 is 2.56 bits per heavy atom. The van der Waals surface area contributed by atoms with Crippen LogP contribution in [0.4, 0.5) is 0 Å². The number of thioether (sulfide) groups is 1. The minimum atomic E-state index is 0.929. The van der Waals surface area contributed by atoms with Gasteiger partial charge in [-0.15, -0.1) is 0 Å². The lowest BCUT2D eigenvalue weighted by Crippen LogP contribution is -2.01. The molecule has 0 unspecified atom stereocenters. The van der Waals surface area contributed by atoms with Gasteiger partial charge in [-0.3, -0.25) is 4.99 Å². The topological polar surface area (TPSA) is 24.4 Å². The van der Waals surface area contributed by atoms with E-state index in [-0.39, 0.29) is 0 Å². The molecule has 0 spiro atoms. The van der Waals surface area contributed by atoms with E-state index in [9.17, 15) is 0 Å².